The Labute approximate surface area is 298 Å². The first kappa shape index (κ1) is 39.6. The van der Waals surface area contributed by atoms with Crippen molar-refractivity contribution in [3.63, 3.8) is 0 Å². The van der Waals surface area contributed by atoms with E-state index < -0.39 is 44.6 Å². The number of pyridine rings is 1. The van der Waals surface area contributed by atoms with E-state index in [9.17, 15) is 30.8 Å². The maximum Gasteiger partial charge on any atom is 0.397 e. The molecule has 0 fully saturated rings. The highest BCUT2D eigenvalue weighted by Crippen LogP contribution is 2.38. The van der Waals surface area contributed by atoms with Crippen molar-refractivity contribution in [1.82, 2.24) is 30.0 Å². The van der Waals surface area contributed by atoms with Gasteiger partial charge in [0.15, 0.2) is 16.7 Å². The molecule has 51 heavy (non-hydrogen) atoms. The number of aromatic nitrogens is 5. The lowest BCUT2D eigenvalue weighted by atomic mass is 9.94. The topological polar surface area (TPSA) is 150 Å². The second-order valence-electron chi connectivity index (χ2n) is 13.1. The van der Waals surface area contributed by atoms with Crippen LogP contribution in [0.5, 0.6) is 5.88 Å². The van der Waals surface area contributed by atoms with Gasteiger partial charge in [0.05, 0.1) is 24.1 Å². The molecule has 0 aliphatic heterocycles. The molecule has 4 rings (SSSR count). The van der Waals surface area contributed by atoms with Crippen LogP contribution in [0.4, 0.5) is 23.4 Å². The molecule has 278 valence electrons. The summed E-state index contributed by atoms with van der Waals surface area (Å²) in [6, 6.07) is 6.57. The van der Waals surface area contributed by atoms with Gasteiger partial charge in [0.2, 0.25) is 11.8 Å². The summed E-state index contributed by atoms with van der Waals surface area (Å²) in [5.74, 6) is -1.32. The molecular weight excluding hydrogens is 715 g/mol. The number of halogens is 4. The summed E-state index contributed by atoms with van der Waals surface area (Å²) in [5.41, 5.74) is -1.83. The van der Waals surface area contributed by atoms with E-state index in [1.165, 1.54) is 41.5 Å². The first-order valence-electron chi connectivity index (χ1n) is 16.1. The van der Waals surface area contributed by atoms with Crippen LogP contribution in [-0.2, 0) is 26.0 Å². The number of esters is 1. The number of carbonyl (C=O) groups is 1. The van der Waals surface area contributed by atoms with Crippen molar-refractivity contribution in [2.45, 2.75) is 71.0 Å². The number of methoxy groups -OCH3 is 1. The van der Waals surface area contributed by atoms with Gasteiger partial charge in [-0.1, -0.05) is 18.9 Å². The minimum atomic E-state index is -4.49. The van der Waals surface area contributed by atoms with E-state index in [0.29, 0.717) is 18.5 Å². The van der Waals surface area contributed by atoms with Crippen molar-refractivity contribution >= 4 is 33.1 Å². The molecule has 0 saturated heterocycles. The summed E-state index contributed by atoms with van der Waals surface area (Å²) in [4.78, 5) is 25.3. The molecule has 0 unspecified atom stereocenters. The first-order valence-corrected chi connectivity index (χ1v) is 18.4. The van der Waals surface area contributed by atoms with E-state index in [2.05, 4.69) is 30.1 Å². The number of anilines is 1. The summed E-state index contributed by atoms with van der Waals surface area (Å²) in [7, 11) is -2.97. The molecule has 0 aromatic carbocycles. The average Bonchev–Trinajstić information content (AvgIpc) is 3.74. The normalized spacial score (nSPS) is 12.6. The standard InChI is InChI=1S/C33H41F4N7O5S2/c1-31(2,30(45)48-5)20-38-16-9-7-6-8-11-23-22(15-18-50-23)28-29(44-17-14-26(42-44)49-21-32(3,4)33(35,36)37)39-19-25(41-28)43-51(46,47)27-13-10-12-24(34)40-27/h10,12-15,17-19,38H,6-9,11,16,20-21H2,1-5H3,(H,41,43). The Morgan fingerprint density at radius 3 is 2.47 bits per heavy atom. The summed E-state index contributed by atoms with van der Waals surface area (Å²) < 4.78 is 93.7. The van der Waals surface area contributed by atoms with Crippen LogP contribution < -0.4 is 14.8 Å². The maximum absolute atomic E-state index is 13.7. The van der Waals surface area contributed by atoms with E-state index in [1.54, 1.807) is 0 Å². The molecule has 2 N–H and O–H groups in total. The van der Waals surface area contributed by atoms with E-state index in [4.69, 9.17) is 9.47 Å². The molecule has 0 amide bonds. The predicted molar refractivity (Wildman–Crippen MR) is 184 cm³/mol. The van der Waals surface area contributed by atoms with Crippen LogP contribution in [0.25, 0.3) is 17.1 Å². The molecular formula is C33H41F4N7O5S2. The fourth-order valence-corrected chi connectivity index (χ4v) is 6.60. The minimum absolute atomic E-state index is 0.0732. The molecule has 4 heterocycles. The molecule has 0 bridgehead atoms. The second-order valence-corrected chi connectivity index (χ2v) is 15.7. The Balaban J connectivity index is 1.52. The van der Waals surface area contributed by atoms with Gasteiger partial charge in [-0.05, 0) is 77.1 Å². The number of carbonyl (C=O) groups excluding carboxylic acids is 1. The van der Waals surface area contributed by atoms with Gasteiger partial charge in [-0.2, -0.15) is 26.0 Å². The summed E-state index contributed by atoms with van der Waals surface area (Å²) in [6.45, 7) is 6.28. The Morgan fingerprint density at radius 2 is 1.76 bits per heavy atom. The van der Waals surface area contributed by atoms with Gasteiger partial charge >= 0.3 is 12.1 Å². The van der Waals surface area contributed by atoms with Crippen molar-refractivity contribution < 1.29 is 40.2 Å². The molecule has 12 nitrogen and oxygen atoms in total. The fraction of sp³-hybridized carbons (Fsp3) is 0.485. The molecule has 0 aliphatic carbocycles. The lowest BCUT2D eigenvalue weighted by molar-refractivity contribution is -0.219. The Bertz CT molecular complexity index is 1900. The zero-order chi connectivity index (χ0) is 37.5. The number of sulfonamides is 1. The zero-order valence-electron chi connectivity index (χ0n) is 28.9. The predicted octanol–water partition coefficient (Wildman–Crippen LogP) is 6.58. The van der Waals surface area contributed by atoms with E-state index >= 15 is 0 Å². The van der Waals surface area contributed by atoms with Gasteiger partial charge in [-0.3, -0.25) is 9.52 Å². The Hall–Kier alpha value is -4.16. The number of unbranched alkanes of at least 4 members (excludes halogenated alkanes) is 3. The van der Waals surface area contributed by atoms with E-state index in [-0.39, 0.29) is 29.2 Å². The number of hydrogen-bond donors (Lipinski definition) is 2. The van der Waals surface area contributed by atoms with Crippen LogP contribution in [0.15, 0.2) is 53.1 Å². The average molecular weight is 756 g/mol. The van der Waals surface area contributed by atoms with Crippen LogP contribution in [0.1, 0.15) is 58.3 Å². The third kappa shape index (κ3) is 10.4. The lowest BCUT2D eigenvalue weighted by Gasteiger charge is -2.26. The number of aryl methyl sites for hydroxylation is 1. The van der Waals surface area contributed by atoms with E-state index in [1.807, 2.05) is 25.3 Å². The van der Waals surface area contributed by atoms with Crippen LogP contribution in [0.3, 0.4) is 0 Å². The molecule has 4 aromatic heterocycles. The second kappa shape index (κ2) is 16.5. The number of hydrogen-bond acceptors (Lipinski definition) is 11. The van der Waals surface area contributed by atoms with Crippen molar-refractivity contribution in [2.24, 2.45) is 10.8 Å². The van der Waals surface area contributed by atoms with Gasteiger partial charge in [0.1, 0.15) is 12.3 Å². The van der Waals surface area contributed by atoms with Crippen LogP contribution in [0, 0.1) is 16.8 Å². The Morgan fingerprint density at radius 1 is 1.02 bits per heavy atom. The number of rotatable bonds is 18. The maximum atomic E-state index is 13.7. The van der Waals surface area contributed by atoms with Crippen molar-refractivity contribution in [2.75, 3.05) is 31.5 Å². The third-order valence-corrected chi connectivity index (χ3v) is 10.1. The summed E-state index contributed by atoms with van der Waals surface area (Å²) >= 11 is 1.49. The number of alkyl halides is 3. The largest absolute Gasteiger partial charge is 0.476 e. The monoisotopic (exact) mass is 755 g/mol. The molecule has 0 saturated carbocycles. The van der Waals surface area contributed by atoms with Gasteiger partial charge in [-0.25, -0.2) is 19.6 Å². The van der Waals surface area contributed by atoms with Crippen LogP contribution >= 0.6 is 11.3 Å². The third-order valence-electron chi connectivity index (χ3n) is 7.90. The number of nitrogens with zero attached hydrogens (tertiary/aromatic N) is 5. The SMILES string of the molecule is COC(=O)C(C)(C)CNCCCCCCc1sccc1-c1nc(NS(=O)(=O)c2cccc(F)n2)cnc1-n1ccc(OCC(C)(C)C(F)(F)F)n1. The smallest absolute Gasteiger partial charge is 0.397 e. The molecule has 0 aliphatic rings. The van der Waals surface area contributed by atoms with Gasteiger partial charge in [-0.15, -0.1) is 16.4 Å². The van der Waals surface area contributed by atoms with Gasteiger partial charge < -0.3 is 14.8 Å². The highest BCUT2D eigenvalue weighted by molar-refractivity contribution is 7.92. The van der Waals surface area contributed by atoms with Gasteiger partial charge in [0.25, 0.3) is 10.0 Å². The quantitative estimate of drug-likeness (QED) is 0.0493. The first-order chi connectivity index (χ1) is 23.9. The molecule has 18 heteroatoms. The van der Waals surface area contributed by atoms with E-state index in [0.717, 1.165) is 69.3 Å². The highest BCUT2D eigenvalue weighted by atomic mass is 32.2. The highest BCUT2D eigenvalue weighted by Gasteiger charge is 2.48. The molecule has 0 radical (unpaired) electrons. The van der Waals surface area contributed by atoms with Crippen molar-refractivity contribution in [3.8, 4) is 23.0 Å². The fourth-order valence-electron chi connectivity index (χ4n) is 4.73. The zero-order valence-corrected chi connectivity index (χ0v) is 30.5. The van der Waals surface area contributed by atoms with Crippen LogP contribution in [-0.4, -0.2) is 72.1 Å². The van der Waals surface area contributed by atoms with Gasteiger partial charge in [0, 0.05) is 29.2 Å². The lowest BCUT2D eigenvalue weighted by Crippen LogP contribution is -2.37. The minimum Gasteiger partial charge on any atom is -0.476 e. The summed E-state index contributed by atoms with van der Waals surface area (Å²) in [6.07, 6.45) is 2.42. The molecule has 0 atom stereocenters. The molecule has 4 aromatic rings. The van der Waals surface area contributed by atoms with Crippen molar-refractivity contribution in [1.29, 1.82) is 0 Å². The number of nitrogens with one attached hydrogen (secondary N) is 2. The Kier molecular flexibility index (Phi) is 12.8. The number of thiophene rings is 1. The van der Waals surface area contributed by atoms with Crippen LogP contribution in [0.2, 0.25) is 0 Å². The van der Waals surface area contributed by atoms with Crippen molar-refractivity contribution in [3.05, 3.63) is 58.9 Å². The summed E-state index contributed by atoms with van der Waals surface area (Å²) in [5, 5.41) is 8.89. The molecule has 0 spiro atoms. The number of ether oxygens (including phenoxy) is 2.